The Kier molecular flexibility index (Phi) is 6.61. The summed E-state index contributed by atoms with van der Waals surface area (Å²) in [6, 6.07) is 8.24. The van der Waals surface area contributed by atoms with Gasteiger partial charge >= 0.3 is 0 Å². The van der Waals surface area contributed by atoms with Crippen molar-refractivity contribution in [2.75, 3.05) is 44.6 Å². The smallest absolute Gasteiger partial charge is 0.219 e. The van der Waals surface area contributed by atoms with Crippen molar-refractivity contribution in [3.8, 4) is 0 Å². The summed E-state index contributed by atoms with van der Waals surface area (Å²) in [6.07, 6.45) is 0. The highest BCUT2D eigenvalue weighted by molar-refractivity contribution is 5.92. The highest BCUT2D eigenvalue weighted by Crippen LogP contribution is 2.18. The average Bonchev–Trinajstić information content (AvgIpc) is 2.55. The maximum Gasteiger partial charge on any atom is 0.219 e. The zero-order valence-corrected chi connectivity index (χ0v) is 15.0. The molecule has 1 aliphatic rings. The fraction of sp³-hybridized carbons (Fsp3) is 0.556. The third-order valence-electron chi connectivity index (χ3n) is 4.34. The van der Waals surface area contributed by atoms with E-state index in [1.807, 2.05) is 17.0 Å². The van der Waals surface area contributed by atoms with E-state index in [9.17, 15) is 4.79 Å². The Bertz CT molecular complexity index is 577. The van der Waals surface area contributed by atoms with Gasteiger partial charge in [0.25, 0.3) is 0 Å². The lowest BCUT2D eigenvalue weighted by Crippen LogP contribution is -2.48. The van der Waals surface area contributed by atoms with Crippen LogP contribution in [0.25, 0.3) is 0 Å². The number of carbonyl (C=O) groups excluding carboxylic acids is 1. The molecule has 132 valence electrons. The van der Waals surface area contributed by atoms with Gasteiger partial charge in [-0.25, -0.2) is 0 Å². The number of nitrogens with one attached hydrogen (secondary N) is 1. The zero-order valence-electron chi connectivity index (χ0n) is 15.0. The molecular weight excluding hydrogens is 302 g/mol. The van der Waals surface area contributed by atoms with Gasteiger partial charge < -0.3 is 16.0 Å². The molecule has 6 heteroatoms. The number of nitrogens with two attached hydrogens (primary N) is 1. The van der Waals surface area contributed by atoms with Crippen molar-refractivity contribution in [3.63, 3.8) is 0 Å². The number of rotatable bonds is 5. The third-order valence-corrected chi connectivity index (χ3v) is 4.34. The van der Waals surface area contributed by atoms with Crippen LogP contribution in [0.3, 0.4) is 0 Å². The Balaban J connectivity index is 1.76. The minimum Gasteiger partial charge on any atom is -0.370 e. The number of nitrogens with zero attached hydrogens (tertiary/aromatic N) is 3. The quantitative estimate of drug-likeness (QED) is 0.636. The normalized spacial score (nSPS) is 16.5. The van der Waals surface area contributed by atoms with E-state index < -0.39 is 0 Å². The highest BCUT2D eigenvalue weighted by Gasteiger charge is 2.17. The van der Waals surface area contributed by atoms with Gasteiger partial charge in [-0.3, -0.25) is 14.7 Å². The zero-order chi connectivity index (χ0) is 17.5. The predicted octanol–water partition coefficient (Wildman–Crippen LogP) is 1.70. The van der Waals surface area contributed by atoms with Gasteiger partial charge in [-0.05, 0) is 23.6 Å². The fourth-order valence-electron chi connectivity index (χ4n) is 2.76. The second kappa shape index (κ2) is 8.68. The van der Waals surface area contributed by atoms with E-state index in [1.54, 1.807) is 6.92 Å². The number of guanidine groups is 1. The molecule has 2 rings (SSSR count). The van der Waals surface area contributed by atoms with Crippen LogP contribution >= 0.6 is 0 Å². The lowest BCUT2D eigenvalue weighted by Gasteiger charge is -2.33. The van der Waals surface area contributed by atoms with Gasteiger partial charge in [0, 0.05) is 45.3 Å². The van der Waals surface area contributed by atoms with E-state index in [4.69, 9.17) is 5.73 Å². The van der Waals surface area contributed by atoms with Crippen molar-refractivity contribution in [1.82, 2.24) is 9.80 Å². The topological polar surface area (TPSA) is 74.0 Å². The summed E-state index contributed by atoms with van der Waals surface area (Å²) in [6.45, 7) is 10.9. The number of amides is 1. The van der Waals surface area contributed by atoms with E-state index in [0.717, 1.165) is 38.4 Å². The maximum absolute atomic E-state index is 11.3. The van der Waals surface area contributed by atoms with Gasteiger partial charge in [-0.2, -0.15) is 0 Å². The number of piperazine rings is 1. The molecule has 0 aliphatic carbocycles. The summed E-state index contributed by atoms with van der Waals surface area (Å²) < 4.78 is 0. The molecule has 1 aromatic carbocycles. The Hall–Kier alpha value is -2.08. The molecule has 3 N–H and O–H groups in total. The van der Waals surface area contributed by atoms with Gasteiger partial charge in [0.05, 0.1) is 6.54 Å². The first-order chi connectivity index (χ1) is 11.5. The number of hydrogen-bond donors (Lipinski definition) is 2. The van der Waals surface area contributed by atoms with Crippen LogP contribution in [-0.4, -0.2) is 60.9 Å². The Morgan fingerprint density at radius 2 is 2.00 bits per heavy atom. The first-order valence-electron chi connectivity index (χ1n) is 8.60. The number of hydrogen-bond acceptors (Lipinski definition) is 3. The molecule has 1 aromatic rings. The molecule has 0 aromatic heterocycles. The molecule has 0 atom stereocenters. The van der Waals surface area contributed by atoms with E-state index in [2.05, 4.69) is 41.2 Å². The van der Waals surface area contributed by atoms with Crippen LogP contribution in [-0.2, 0) is 4.79 Å². The molecule has 6 nitrogen and oxygen atoms in total. The first kappa shape index (κ1) is 18.3. The van der Waals surface area contributed by atoms with Crippen molar-refractivity contribution >= 4 is 17.6 Å². The summed E-state index contributed by atoms with van der Waals surface area (Å²) in [5.74, 6) is 1.08. The summed E-state index contributed by atoms with van der Waals surface area (Å²) in [4.78, 5) is 19.9. The second-order valence-corrected chi connectivity index (χ2v) is 6.52. The maximum atomic E-state index is 11.3. The Morgan fingerprint density at radius 3 is 2.62 bits per heavy atom. The molecule has 0 saturated carbocycles. The van der Waals surface area contributed by atoms with Crippen LogP contribution in [0.15, 0.2) is 29.3 Å². The molecule has 1 heterocycles. The van der Waals surface area contributed by atoms with Crippen LogP contribution < -0.4 is 11.1 Å². The summed E-state index contributed by atoms with van der Waals surface area (Å²) in [7, 11) is 0. The summed E-state index contributed by atoms with van der Waals surface area (Å²) in [5, 5.41) is 3.15. The molecular formula is C18H29N5O. The molecule has 1 fully saturated rings. The minimum absolute atomic E-state index is 0.157. The van der Waals surface area contributed by atoms with Gasteiger partial charge in [-0.15, -0.1) is 0 Å². The lowest BCUT2D eigenvalue weighted by atomic mass is 10.0. The molecule has 0 bridgehead atoms. The second-order valence-electron chi connectivity index (χ2n) is 6.52. The van der Waals surface area contributed by atoms with E-state index in [1.165, 1.54) is 5.56 Å². The molecule has 1 amide bonds. The van der Waals surface area contributed by atoms with Gasteiger partial charge in [-0.1, -0.05) is 26.0 Å². The van der Waals surface area contributed by atoms with Gasteiger partial charge in [0.2, 0.25) is 5.91 Å². The average molecular weight is 331 g/mol. The number of aliphatic imine (C=N–C) groups is 1. The lowest BCUT2D eigenvalue weighted by molar-refractivity contribution is -0.130. The van der Waals surface area contributed by atoms with Crippen LogP contribution in [0.2, 0.25) is 0 Å². The van der Waals surface area contributed by atoms with Crippen molar-refractivity contribution in [2.24, 2.45) is 10.7 Å². The number of benzene rings is 1. The standard InChI is InChI=1S/C18H29N5O/c1-14(2)16-5-4-6-17(13-16)21-18(19)20-7-8-22-9-11-23(12-10-22)15(3)24/h4-6,13-14H,7-12H2,1-3H3,(H3,19,20,21). The first-order valence-corrected chi connectivity index (χ1v) is 8.60. The third kappa shape index (κ3) is 5.53. The Labute approximate surface area is 144 Å². The van der Waals surface area contributed by atoms with Crippen molar-refractivity contribution in [2.45, 2.75) is 26.7 Å². The van der Waals surface area contributed by atoms with Crippen molar-refractivity contribution in [3.05, 3.63) is 29.8 Å². The minimum atomic E-state index is 0.157. The molecule has 0 radical (unpaired) electrons. The summed E-state index contributed by atoms with van der Waals surface area (Å²) in [5.41, 5.74) is 8.22. The van der Waals surface area contributed by atoms with Crippen LogP contribution in [0.4, 0.5) is 5.69 Å². The molecule has 0 spiro atoms. The van der Waals surface area contributed by atoms with Crippen molar-refractivity contribution < 1.29 is 4.79 Å². The van der Waals surface area contributed by atoms with Crippen LogP contribution in [0, 0.1) is 0 Å². The monoisotopic (exact) mass is 331 g/mol. The fourth-order valence-corrected chi connectivity index (χ4v) is 2.76. The van der Waals surface area contributed by atoms with Crippen molar-refractivity contribution in [1.29, 1.82) is 0 Å². The Morgan fingerprint density at radius 1 is 1.29 bits per heavy atom. The molecule has 24 heavy (non-hydrogen) atoms. The SMILES string of the molecule is CC(=O)N1CCN(CCN=C(N)Nc2cccc(C(C)C)c2)CC1. The largest absolute Gasteiger partial charge is 0.370 e. The van der Waals surface area contributed by atoms with E-state index in [-0.39, 0.29) is 5.91 Å². The van der Waals surface area contributed by atoms with E-state index in [0.29, 0.717) is 18.4 Å². The van der Waals surface area contributed by atoms with E-state index >= 15 is 0 Å². The highest BCUT2D eigenvalue weighted by atomic mass is 16.2. The summed E-state index contributed by atoms with van der Waals surface area (Å²) >= 11 is 0. The molecule has 1 aliphatic heterocycles. The number of carbonyl (C=O) groups is 1. The van der Waals surface area contributed by atoms with Crippen LogP contribution in [0.5, 0.6) is 0 Å². The number of anilines is 1. The van der Waals surface area contributed by atoms with Gasteiger partial charge in [0.15, 0.2) is 5.96 Å². The predicted molar refractivity (Wildman–Crippen MR) is 99.3 cm³/mol. The van der Waals surface area contributed by atoms with Crippen LogP contribution in [0.1, 0.15) is 32.3 Å². The molecule has 0 unspecified atom stereocenters. The van der Waals surface area contributed by atoms with Gasteiger partial charge in [0.1, 0.15) is 0 Å². The molecule has 1 saturated heterocycles.